The Balaban J connectivity index is 2.26. The first-order chi connectivity index (χ1) is 11.2. The molecule has 2 aromatic carbocycles. The van der Waals surface area contributed by atoms with Crippen molar-refractivity contribution in [3.63, 3.8) is 0 Å². The van der Waals surface area contributed by atoms with Crippen LogP contribution in [0.15, 0.2) is 64.0 Å². The molecule has 0 aliphatic rings. The molecule has 3 aromatic rings. The van der Waals surface area contributed by atoms with Crippen LogP contribution in [0.3, 0.4) is 0 Å². The molecule has 1 heterocycles. The highest BCUT2D eigenvalue weighted by molar-refractivity contribution is 5.79. The van der Waals surface area contributed by atoms with Crippen LogP contribution in [0.1, 0.15) is 12.5 Å². The van der Waals surface area contributed by atoms with Crippen molar-refractivity contribution in [3.8, 4) is 11.3 Å². The Hall–Kier alpha value is -2.88. The number of nitrogens with zero attached hydrogens (tertiary/aromatic N) is 1. The largest absolute Gasteiger partial charge is 0.480 e. The van der Waals surface area contributed by atoms with Crippen molar-refractivity contribution in [1.29, 1.82) is 0 Å². The van der Waals surface area contributed by atoms with E-state index in [2.05, 4.69) is 11.9 Å². The number of fused-ring (bicyclic) bond motifs is 1. The first-order valence-electron chi connectivity index (χ1n) is 7.52. The number of carbonyl (C=O) groups is 1. The van der Waals surface area contributed by atoms with E-state index in [9.17, 15) is 4.79 Å². The van der Waals surface area contributed by atoms with E-state index in [1.165, 1.54) is 0 Å². The standard InChI is InChI=1S/C19H17NO3/c1-2-13-8-9-17-15(10-13)16(20-12-19(21)22)11-18(23-17)14-6-4-3-5-7-14/h3-11H,2,12H2,1H3,(H,21,22). The zero-order valence-corrected chi connectivity index (χ0v) is 12.8. The Morgan fingerprint density at radius 1 is 1.13 bits per heavy atom. The Bertz CT molecular complexity index is 911. The van der Waals surface area contributed by atoms with Gasteiger partial charge in [0.1, 0.15) is 17.9 Å². The van der Waals surface area contributed by atoms with Crippen molar-refractivity contribution in [2.45, 2.75) is 13.3 Å². The molecule has 4 heteroatoms. The molecule has 0 saturated carbocycles. The lowest BCUT2D eigenvalue weighted by molar-refractivity contribution is -0.135. The molecule has 0 aliphatic carbocycles. The van der Waals surface area contributed by atoms with E-state index in [4.69, 9.17) is 9.52 Å². The van der Waals surface area contributed by atoms with E-state index in [0.29, 0.717) is 16.7 Å². The molecule has 4 nitrogen and oxygen atoms in total. The summed E-state index contributed by atoms with van der Waals surface area (Å²) in [6.45, 7) is 1.81. The van der Waals surface area contributed by atoms with Crippen LogP contribution >= 0.6 is 0 Å². The first-order valence-corrected chi connectivity index (χ1v) is 7.52. The third-order valence-electron chi connectivity index (χ3n) is 3.66. The van der Waals surface area contributed by atoms with Crippen LogP contribution in [-0.2, 0) is 11.2 Å². The molecule has 0 amide bonds. The van der Waals surface area contributed by atoms with E-state index in [-0.39, 0.29) is 6.54 Å². The van der Waals surface area contributed by atoms with Gasteiger partial charge in [0.25, 0.3) is 0 Å². The fourth-order valence-corrected chi connectivity index (χ4v) is 2.46. The van der Waals surface area contributed by atoms with Gasteiger partial charge in [-0.3, -0.25) is 9.79 Å². The summed E-state index contributed by atoms with van der Waals surface area (Å²) in [5, 5.41) is 10.4. The number of carboxylic acids is 1. The number of aliphatic carboxylic acids is 1. The lowest BCUT2D eigenvalue weighted by Crippen LogP contribution is -2.09. The maximum atomic E-state index is 10.9. The first kappa shape index (κ1) is 15.0. The van der Waals surface area contributed by atoms with Gasteiger partial charge in [0.15, 0.2) is 0 Å². The van der Waals surface area contributed by atoms with Crippen LogP contribution in [0.25, 0.3) is 22.3 Å². The zero-order valence-electron chi connectivity index (χ0n) is 12.8. The van der Waals surface area contributed by atoms with E-state index in [0.717, 1.165) is 22.9 Å². The van der Waals surface area contributed by atoms with E-state index in [1.807, 2.05) is 48.5 Å². The Morgan fingerprint density at radius 2 is 1.91 bits per heavy atom. The predicted molar refractivity (Wildman–Crippen MR) is 89.1 cm³/mol. The molecular weight excluding hydrogens is 290 g/mol. The fourth-order valence-electron chi connectivity index (χ4n) is 2.46. The molecule has 116 valence electrons. The van der Waals surface area contributed by atoms with Gasteiger partial charge in [-0.1, -0.05) is 43.3 Å². The van der Waals surface area contributed by atoms with Crippen molar-refractivity contribution in [2.24, 2.45) is 4.99 Å². The van der Waals surface area contributed by atoms with Gasteiger partial charge in [0.05, 0.1) is 5.36 Å². The minimum atomic E-state index is -0.952. The highest BCUT2D eigenvalue weighted by atomic mass is 16.4. The third-order valence-corrected chi connectivity index (χ3v) is 3.66. The van der Waals surface area contributed by atoms with Gasteiger partial charge in [0, 0.05) is 17.0 Å². The molecular formula is C19H17NO3. The maximum absolute atomic E-state index is 10.9. The average molecular weight is 307 g/mol. The van der Waals surface area contributed by atoms with Gasteiger partial charge in [-0.05, 0) is 24.1 Å². The minimum absolute atomic E-state index is 0.260. The van der Waals surface area contributed by atoms with Crippen LogP contribution in [0, 0.1) is 0 Å². The highest BCUT2D eigenvalue weighted by Gasteiger charge is 2.07. The van der Waals surface area contributed by atoms with Gasteiger partial charge < -0.3 is 9.52 Å². The summed E-state index contributed by atoms with van der Waals surface area (Å²) in [6, 6.07) is 17.5. The van der Waals surface area contributed by atoms with Gasteiger partial charge >= 0.3 is 5.97 Å². The van der Waals surface area contributed by atoms with Crippen LogP contribution in [0.2, 0.25) is 0 Å². The zero-order chi connectivity index (χ0) is 16.2. The number of aryl methyl sites for hydroxylation is 1. The van der Waals surface area contributed by atoms with Gasteiger partial charge in [-0.2, -0.15) is 0 Å². The van der Waals surface area contributed by atoms with Crippen molar-refractivity contribution in [3.05, 3.63) is 65.5 Å². The molecule has 1 N–H and O–H groups in total. The van der Waals surface area contributed by atoms with E-state index in [1.54, 1.807) is 6.07 Å². The molecule has 1 aromatic heterocycles. The summed E-state index contributed by atoms with van der Waals surface area (Å²) >= 11 is 0. The Labute approximate surface area is 133 Å². The smallest absolute Gasteiger partial charge is 0.325 e. The normalized spacial score (nSPS) is 11.8. The monoisotopic (exact) mass is 307 g/mol. The predicted octanol–water partition coefficient (Wildman–Crippen LogP) is 3.65. The second kappa shape index (κ2) is 6.48. The third kappa shape index (κ3) is 3.31. The molecule has 0 bridgehead atoms. The quantitative estimate of drug-likeness (QED) is 0.800. The van der Waals surface area contributed by atoms with E-state index < -0.39 is 5.97 Å². The van der Waals surface area contributed by atoms with E-state index >= 15 is 0 Å². The maximum Gasteiger partial charge on any atom is 0.325 e. The Kier molecular flexibility index (Phi) is 4.24. The van der Waals surface area contributed by atoms with Gasteiger partial charge in [-0.25, -0.2) is 0 Å². The number of benzene rings is 2. The summed E-state index contributed by atoms with van der Waals surface area (Å²) in [5.41, 5.74) is 2.79. The summed E-state index contributed by atoms with van der Waals surface area (Å²) in [5.74, 6) is -0.279. The van der Waals surface area contributed by atoms with Crippen molar-refractivity contribution in [2.75, 3.05) is 6.54 Å². The minimum Gasteiger partial charge on any atom is -0.480 e. The van der Waals surface area contributed by atoms with Crippen molar-refractivity contribution in [1.82, 2.24) is 0 Å². The molecule has 3 rings (SSSR count). The highest BCUT2D eigenvalue weighted by Crippen LogP contribution is 2.22. The van der Waals surface area contributed by atoms with Crippen LogP contribution in [0.4, 0.5) is 0 Å². The average Bonchev–Trinajstić information content (AvgIpc) is 2.59. The van der Waals surface area contributed by atoms with Crippen molar-refractivity contribution >= 4 is 16.9 Å². The van der Waals surface area contributed by atoms with Gasteiger partial charge in [-0.15, -0.1) is 0 Å². The molecule has 0 saturated heterocycles. The van der Waals surface area contributed by atoms with Crippen LogP contribution in [0.5, 0.6) is 0 Å². The van der Waals surface area contributed by atoms with Crippen LogP contribution in [-0.4, -0.2) is 17.6 Å². The summed E-state index contributed by atoms with van der Waals surface area (Å²) < 4.78 is 5.99. The van der Waals surface area contributed by atoms with Crippen molar-refractivity contribution < 1.29 is 14.3 Å². The number of rotatable bonds is 4. The molecule has 0 radical (unpaired) electrons. The lowest BCUT2D eigenvalue weighted by atomic mass is 10.1. The number of hydrogen-bond acceptors (Lipinski definition) is 3. The lowest BCUT2D eigenvalue weighted by Gasteiger charge is -2.06. The fraction of sp³-hybridized carbons (Fsp3) is 0.158. The number of hydrogen-bond donors (Lipinski definition) is 1. The molecule has 0 aliphatic heterocycles. The van der Waals surface area contributed by atoms with Gasteiger partial charge in [0.2, 0.25) is 0 Å². The second-order valence-electron chi connectivity index (χ2n) is 5.26. The second-order valence-corrected chi connectivity index (χ2v) is 5.26. The van der Waals surface area contributed by atoms with Crippen LogP contribution < -0.4 is 5.36 Å². The Morgan fingerprint density at radius 3 is 2.61 bits per heavy atom. The summed E-state index contributed by atoms with van der Waals surface area (Å²) in [6.07, 6.45) is 0.898. The summed E-state index contributed by atoms with van der Waals surface area (Å²) in [4.78, 5) is 15.1. The molecule has 0 spiro atoms. The molecule has 0 atom stereocenters. The molecule has 23 heavy (non-hydrogen) atoms. The molecule has 0 unspecified atom stereocenters. The SMILES string of the molecule is CCc1ccc2oc(-c3ccccc3)cc(=NCC(=O)O)c2c1. The summed E-state index contributed by atoms with van der Waals surface area (Å²) in [7, 11) is 0. The number of carboxylic acid groups (broad SMARTS) is 1. The topological polar surface area (TPSA) is 62.8 Å². The molecule has 0 fully saturated rings.